The van der Waals surface area contributed by atoms with Crippen LogP contribution < -0.4 is 16.8 Å². The van der Waals surface area contributed by atoms with Crippen molar-refractivity contribution in [3.8, 4) is 0 Å². The van der Waals surface area contributed by atoms with Crippen LogP contribution in [-0.2, 0) is 6.54 Å². The molecule has 1 aromatic carbocycles. The number of nitrogens with one attached hydrogen (secondary N) is 2. The summed E-state index contributed by atoms with van der Waals surface area (Å²) in [5, 5.41) is 3.40. The molecule has 0 aliphatic carbocycles. The van der Waals surface area contributed by atoms with Crippen LogP contribution in [-0.4, -0.2) is 18.1 Å². The van der Waals surface area contributed by atoms with Gasteiger partial charge < -0.3 is 15.5 Å². The summed E-state index contributed by atoms with van der Waals surface area (Å²) >= 11 is 0. The maximum absolute atomic E-state index is 11.1. The fourth-order valence-electron chi connectivity index (χ4n) is 2.10. The molecule has 1 unspecified atom stereocenters. The van der Waals surface area contributed by atoms with Crippen molar-refractivity contribution in [1.29, 1.82) is 0 Å². The number of fused-ring (bicyclic) bond motifs is 1. The largest absolute Gasteiger partial charge is 0.417 e. The summed E-state index contributed by atoms with van der Waals surface area (Å²) in [6, 6.07) is 5.70. The van der Waals surface area contributed by atoms with E-state index in [1.807, 2.05) is 18.2 Å². The maximum atomic E-state index is 11.1. The van der Waals surface area contributed by atoms with Crippen LogP contribution in [0.5, 0.6) is 0 Å². The van der Waals surface area contributed by atoms with Crippen molar-refractivity contribution in [2.24, 2.45) is 17.6 Å². The molecule has 19 heavy (non-hydrogen) atoms. The van der Waals surface area contributed by atoms with Crippen LogP contribution in [0.25, 0.3) is 11.1 Å². The van der Waals surface area contributed by atoms with E-state index in [-0.39, 0.29) is 0 Å². The third-order valence-electron chi connectivity index (χ3n) is 3.46. The fourth-order valence-corrected chi connectivity index (χ4v) is 2.10. The average Bonchev–Trinajstić information content (AvgIpc) is 2.73. The van der Waals surface area contributed by atoms with E-state index in [1.54, 1.807) is 0 Å². The maximum Gasteiger partial charge on any atom is 0.417 e. The van der Waals surface area contributed by atoms with Gasteiger partial charge in [-0.3, -0.25) is 4.98 Å². The number of benzene rings is 1. The van der Waals surface area contributed by atoms with Gasteiger partial charge in [0.05, 0.1) is 5.52 Å². The highest BCUT2D eigenvalue weighted by atomic mass is 16.4. The van der Waals surface area contributed by atoms with Crippen molar-refractivity contribution >= 4 is 11.1 Å². The van der Waals surface area contributed by atoms with Gasteiger partial charge in [0.2, 0.25) is 0 Å². The molecule has 0 saturated heterocycles. The highest BCUT2D eigenvalue weighted by Crippen LogP contribution is 2.12. The Balaban J connectivity index is 1.96. The Bertz CT molecular complexity index is 586. The Labute approximate surface area is 112 Å². The lowest BCUT2D eigenvalue weighted by molar-refractivity contribution is 0.370. The predicted molar refractivity (Wildman–Crippen MR) is 75.9 cm³/mol. The average molecular weight is 263 g/mol. The molecule has 0 fully saturated rings. The van der Waals surface area contributed by atoms with Crippen molar-refractivity contribution in [3.05, 3.63) is 34.3 Å². The van der Waals surface area contributed by atoms with Gasteiger partial charge in [0, 0.05) is 6.54 Å². The summed E-state index contributed by atoms with van der Waals surface area (Å²) in [5.41, 5.74) is 8.19. The monoisotopic (exact) mass is 263 g/mol. The summed E-state index contributed by atoms with van der Waals surface area (Å²) < 4.78 is 4.97. The van der Waals surface area contributed by atoms with E-state index >= 15 is 0 Å². The van der Waals surface area contributed by atoms with E-state index in [1.165, 1.54) is 0 Å². The molecule has 0 bridgehead atoms. The molecule has 104 valence electrons. The Kier molecular flexibility index (Phi) is 4.39. The molecule has 0 aliphatic heterocycles. The molecule has 2 aromatic rings. The lowest BCUT2D eigenvalue weighted by Gasteiger charge is -2.19. The molecule has 5 heteroatoms. The first kappa shape index (κ1) is 13.8. The molecule has 1 aromatic heterocycles. The number of aromatic amines is 1. The summed E-state index contributed by atoms with van der Waals surface area (Å²) in [7, 11) is 0. The number of H-pyrrole nitrogens is 1. The van der Waals surface area contributed by atoms with Gasteiger partial charge in [-0.15, -0.1) is 0 Å². The van der Waals surface area contributed by atoms with Crippen LogP contribution in [0.1, 0.15) is 19.4 Å². The summed E-state index contributed by atoms with van der Waals surface area (Å²) in [4.78, 5) is 13.7. The molecule has 0 radical (unpaired) electrons. The highest BCUT2D eigenvalue weighted by molar-refractivity contribution is 5.72. The third-order valence-corrected chi connectivity index (χ3v) is 3.46. The molecule has 2 rings (SSSR count). The molecule has 1 atom stereocenters. The fraction of sp³-hybridized carbons (Fsp3) is 0.500. The second-order valence-corrected chi connectivity index (χ2v) is 5.22. The van der Waals surface area contributed by atoms with Crippen LogP contribution in [0.15, 0.2) is 27.4 Å². The van der Waals surface area contributed by atoms with Crippen LogP contribution in [0, 0.1) is 11.8 Å². The van der Waals surface area contributed by atoms with Crippen molar-refractivity contribution in [2.75, 3.05) is 13.1 Å². The number of hydrogen-bond donors (Lipinski definition) is 3. The first-order chi connectivity index (χ1) is 9.10. The Morgan fingerprint density at radius 1 is 1.42 bits per heavy atom. The van der Waals surface area contributed by atoms with E-state index in [0.717, 1.165) is 24.2 Å². The van der Waals surface area contributed by atoms with Crippen molar-refractivity contribution in [3.63, 3.8) is 0 Å². The van der Waals surface area contributed by atoms with Crippen LogP contribution in [0.3, 0.4) is 0 Å². The van der Waals surface area contributed by atoms with E-state index in [0.29, 0.717) is 24.0 Å². The number of aromatic nitrogens is 1. The second kappa shape index (κ2) is 6.04. The van der Waals surface area contributed by atoms with E-state index in [2.05, 4.69) is 24.1 Å². The molecule has 0 aliphatic rings. The van der Waals surface area contributed by atoms with Gasteiger partial charge in [-0.2, -0.15) is 0 Å². The quantitative estimate of drug-likeness (QED) is 0.736. The number of rotatable bonds is 6. The van der Waals surface area contributed by atoms with Crippen molar-refractivity contribution in [2.45, 2.75) is 20.4 Å². The first-order valence-electron chi connectivity index (χ1n) is 6.62. The van der Waals surface area contributed by atoms with Gasteiger partial charge in [0.15, 0.2) is 5.58 Å². The van der Waals surface area contributed by atoms with Crippen LogP contribution in [0.4, 0.5) is 0 Å². The molecular formula is C14H21N3O2. The van der Waals surface area contributed by atoms with E-state index in [4.69, 9.17) is 10.2 Å². The van der Waals surface area contributed by atoms with Gasteiger partial charge in [-0.1, -0.05) is 19.9 Å². The van der Waals surface area contributed by atoms with Gasteiger partial charge in [0.25, 0.3) is 0 Å². The SMILES string of the molecule is CC(C)C(CN)CNCc1ccc2oc(=O)[nH]c2c1. The zero-order valence-corrected chi connectivity index (χ0v) is 11.4. The Morgan fingerprint density at radius 3 is 2.89 bits per heavy atom. The van der Waals surface area contributed by atoms with Gasteiger partial charge in [0.1, 0.15) is 0 Å². The zero-order chi connectivity index (χ0) is 13.8. The Hall–Kier alpha value is -1.59. The van der Waals surface area contributed by atoms with E-state index < -0.39 is 5.76 Å². The summed E-state index contributed by atoms with van der Waals surface area (Å²) in [6.45, 7) is 6.71. The van der Waals surface area contributed by atoms with Crippen molar-refractivity contribution < 1.29 is 4.42 Å². The standard InChI is InChI=1S/C14H21N3O2/c1-9(2)11(6-15)8-16-7-10-3-4-13-12(5-10)17-14(18)19-13/h3-5,9,11,16H,6-8,15H2,1-2H3,(H,17,18). The number of hydrogen-bond acceptors (Lipinski definition) is 4. The smallest absolute Gasteiger partial charge is 0.408 e. The predicted octanol–water partition coefficient (Wildman–Crippen LogP) is 1.44. The first-order valence-corrected chi connectivity index (χ1v) is 6.62. The van der Waals surface area contributed by atoms with Gasteiger partial charge in [-0.05, 0) is 42.6 Å². The highest BCUT2D eigenvalue weighted by Gasteiger charge is 2.10. The van der Waals surface area contributed by atoms with E-state index in [9.17, 15) is 4.79 Å². The lowest BCUT2D eigenvalue weighted by Crippen LogP contribution is -2.31. The van der Waals surface area contributed by atoms with Gasteiger partial charge >= 0.3 is 5.76 Å². The molecule has 4 N–H and O–H groups in total. The topological polar surface area (TPSA) is 84.0 Å². The molecular weight excluding hydrogens is 242 g/mol. The zero-order valence-electron chi connectivity index (χ0n) is 11.4. The summed E-state index contributed by atoms with van der Waals surface area (Å²) in [5.74, 6) is 0.644. The number of nitrogens with two attached hydrogens (primary N) is 1. The van der Waals surface area contributed by atoms with Crippen LogP contribution >= 0.6 is 0 Å². The summed E-state index contributed by atoms with van der Waals surface area (Å²) in [6.07, 6.45) is 0. The minimum atomic E-state index is -0.414. The molecule has 5 nitrogen and oxygen atoms in total. The normalized spacial score (nSPS) is 13.3. The minimum Gasteiger partial charge on any atom is -0.408 e. The molecule has 0 saturated carbocycles. The lowest BCUT2D eigenvalue weighted by atomic mass is 9.96. The van der Waals surface area contributed by atoms with Crippen molar-refractivity contribution in [1.82, 2.24) is 10.3 Å². The molecule has 0 amide bonds. The second-order valence-electron chi connectivity index (χ2n) is 5.22. The van der Waals surface area contributed by atoms with Crippen LogP contribution in [0.2, 0.25) is 0 Å². The minimum absolute atomic E-state index is 0.414. The Morgan fingerprint density at radius 2 is 2.21 bits per heavy atom. The third kappa shape index (κ3) is 3.45. The molecule has 1 heterocycles. The van der Waals surface area contributed by atoms with Gasteiger partial charge in [-0.25, -0.2) is 4.79 Å². The number of oxazole rings is 1. The molecule has 0 spiro atoms.